The molecule has 0 saturated carbocycles. The van der Waals surface area contributed by atoms with Crippen LogP contribution in [0.4, 0.5) is 5.13 Å². The SMILES string of the molecule is CNCc1csc(N2CCCCC2C)n1. The fourth-order valence-corrected chi connectivity index (χ4v) is 3.03. The maximum atomic E-state index is 4.66. The molecule has 0 amide bonds. The summed E-state index contributed by atoms with van der Waals surface area (Å²) in [7, 11) is 1.96. The fraction of sp³-hybridized carbons (Fsp3) is 0.727. The molecule has 2 heterocycles. The summed E-state index contributed by atoms with van der Waals surface area (Å²) in [5.74, 6) is 0. The summed E-state index contributed by atoms with van der Waals surface area (Å²) in [6.07, 6.45) is 3.98. The van der Waals surface area contributed by atoms with Crippen molar-refractivity contribution in [2.75, 3.05) is 18.5 Å². The van der Waals surface area contributed by atoms with E-state index in [0.29, 0.717) is 6.04 Å². The molecule has 0 radical (unpaired) electrons. The Bertz CT molecular complexity index is 311. The van der Waals surface area contributed by atoms with Crippen LogP contribution in [0.25, 0.3) is 0 Å². The zero-order valence-corrected chi connectivity index (χ0v) is 10.3. The molecule has 0 spiro atoms. The lowest BCUT2D eigenvalue weighted by Crippen LogP contribution is -2.37. The molecule has 1 aromatic rings. The first-order valence-corrected chi connectivity index (χ1v) is 6.55. The minimum atomic E-state index is 0.660. The van der Waals surface area contributed by atoms with Crippen LogP contribution in [0, 0.1) is 0 Å². The van der Waals surface area contributed by atoms with Gasteiger partial charge in [0.05, 0.1) is 5.69 Å². The summed E-state index contributed by atoms with van der Waals surface area (Å²) in [5, 5.41) is 6.50. The van der Waals surface area contributed by atoms with Crippen LogP contribution in [-0.4, -0.2) is 24.6 Å². The largest absolute Gasteiger partial charge is 0.345 e. The average molecular weight is 225 g/mol. The van der Waals surface area contributed by atoms with Crippen molar-refractivity contribution < 1.29 is 0 Å². The van der Waals surface area contributed by atoms with Gasteiger partial charge in [-0.15, -0.1) is 11.3 Å². The summed E-state index contributed by atoms with van der Waals surface area (Å²) >= 11 is 1.77. The zero-order valence-electron chi connectivity index (χ0n) is 9.49. The van der Waals surface area contributed by atoms with Crippen LogP contribution in [0.5, 0.6) is 0 Å². The quantitative estimate of drug-likeness (QED) is 0.855. The predicted octanol–water partition coefficient (Wildman–Crippen LogP) is 2.24. The van der Waals surface area contributed by atoms with Crippen molar-refractivity contribution in [3.05, 3.63) is 11.1 Å². The lowest BCUT2D eigenvalue weighted by atomic mass is 10.1. The minimum Gasteiger partial charge on any atom is -0.345 e. The Morgan fingerprint density at radius 2 is 2.47 bits per heavy atom. The van der Waals surface area contributed by atoms with Crippen molar-refractivity contribution in [3.63, 3.8) is 0 Å². The van der Waals surface area contributed by atoms with E-state index in [9.17, 15) is 0 Å². The molecule has 1 aliphatic heterocycles. The van der Waals surface area contributed by atoms with E-state index in [0.717, 1.165) is 12.2 Å². The number of hydrogen-bond acceptors (Lipinski definition) is 4. The van der Waals surface area contributed by atoms with Crippen molar-refractivity contribution in [2.45, 2.75) is 38.8 Å². The van der Waals surface area contributed by atoms with Gasteiger partial charge in [-0.3, -0.25) is 0 Å². The van der Waals surface area contributed by atoms with Crippen molar-refractivity contribution in [3.8, 4) is 0 Å². The van der Waals surface area contributed by atoms with E-state index in [4.69, 9.17) is 0 Å². The van der Waals surface area contributed by atoms with Gasteiger partial charge in [0.2, 0.25) is 0 Å². The first-order valence-electron chi connectivity index (χ1n) is 5.67. The maximum absolute atomic E-state index is 4.66. The van der Waals surface area contributed by atoms with Crippen LogP contribution >= 0.6 is 11.3 Å². The number of thiazole rings is 1. The van der Waals surface area contributed by atoms with Crippen LogP contribution in [0.1, 0.15) is 31.9 Å². The Kier molecular flexibility index (Phi) is 3.59. The summed E-state index contributed by atoms with van der Waals surface area (Å²) < 4.78 is 0. The second-order valence-corrected chi connectivity index (χ2v) is 5.03. The molecule has 1 saturated heterocycles. The first-order chi connectivity index (χ1) is 7.31. The molecule has 1 fully saturated rings. The molecule has 0 aliphatic carbocycles. The van der Waals surface area contributed by atoms with Gasteiger partial charge in [-0.2, -0.15) is 0 Å². The van der Waals surface area contributed by atoms with Crippen molar-refractivity contribution >= 4 is 16.5 Å². The van der Waals surface area contributed by atoms with Crippen LogP contribution in [0.15, 0.2) is 5.38 Å². The molecule has 0 bridgehead atoms. The normalized spacial score (nSPS) is 22.0. The molecule has 3 nitrogen and oxygen atoms in total. The summed E-state index contributed by atoms with van der Waals surface area (Å²) in [4.78, 5) is 7.11. The first kappa shape index (κ1) is 10.9. The van der Waals surface area contributed by atoms with Gasteiger partial charge >= 0.3 is 0 Å². The van der Waals surface area contributed by atoms with Gasteiger partial charge < -0.3 is 10.2 Å². The number of anilines is 1. The van der Waals surface area contributed by atoms with E-state index in [1.807, 2.05) is 7.05 Å². The van der Waals surface area contributed by atoms with Gasteiger partial charge in [-0.1, -0.05) is 0 Å². The third-order valence-electron chi connectivity index (χ3n) is 2.95. The lowest BCUT2D eigenvalue weighted by molar-refractivity contribution is 0.484. The number of nitrogens with one attached hydrogen (secondary N) is 1. The summed E-state index contributed by atoms with van der Waals surface area (Å²) in [5.41, 5.74) is 1.16. The van der Waals surface area contributed by atoms with Gasteiger partial charge in [-0.05, 0) is 33.2 Å². The second kappa shape index (κ2) is 4.94. The zero-order chi connectivity index (χ0) is 10.7. The second-order valence-electron chi connectivity index (χ2n) is 4.19. The standard InChI is InChI=1S/C11H19N3S/c1-9-5-3-4-6-14(9)11-13-10(7-12-2)8-15-11/h8-9,12H,3-7H2,1-2H3. The van der Waals surface area contributed by atoms with Crippen molar-refractivity contribution in [1.82, 2.24) is 10.3 Å². The highest BCUT2D eigenvalue weighted by atomic mass is 32.1. The highest BCUT2D eigenvalue weighted by Crippen LogP contribution is 2.27. The molecule has 1 aromatic heterocycles. The highest BCUT2D eigenvalue weighted by molar-refractivity contribution is 7.13. The van der Waals surface area contributed by atoms with Gasteiger partial charge in [0, 0.05) is 24.5 Å². The summed E-state index contributed by atoms with van der Waals surface area (Å²) in [6, 6.07) is 0.660. The minimum absolute atomic E-state index is 0.660. The van der Waals surface area contributed by atoms with Crippen molar-refractivity contribution in [1.29, 1.82) is 0 Å². The van der Waals surface area contributed by atoms with E-state index in [1.165, 1.54) is 30.9 Å². The van der Waals surface area contributed by atoms with E-state index in [2.05, 4.69) is 27.5 Å². The molecule has 2 rings (SSSR count). The molecular weight excluding hydrogens is 206 g/mol. The van der Waals surface area contributed by atoms with E-state index >= 15 is 0 Å². The maximum Gasteiger partial charge on any atom is 0.185 e. The van der Waals surface area contributed by atoms with Crippen LogP contribution in [0.3, 0.4) is 0 Å². The Morgan fingerprint density at radius 3 is 3.20 bits per heavy atom. The average Bonchev–Trinajstić information content (AvgIpc) is 2.68. The predicted molar refractivity (Wildman–Crippen MR) is 65.5 cm³/mol. The number of rotatable bonds is 3. The molecule has 1 unspecified atom stereocenters. The van der Waals surface area contributed by atoms with Gasteiger partial charge in [0.1, 0.15) is 0 Å². The third kappa shape index (κ3) is 2.49. The highest BCUT2D eigenvalue weighted by Gasteiger charge is 2.20. The Balaban J connectivity index is 2.06. The molecular formula is C11H19N3S. The summed E-state index contributed by atoms with van der Waals surface area (Å²) in [6.45, 7) is 4.35. The van der Waals surface area contributed by atoms with Crippen molar-refractivity contribution in [2.24, 2.45) is 0 Å². The molecule has 15 heavy (non-hydrogen) atoms. The van der Waals surface area contributed by atoms with Crippen LogP contribution in [0.2, 0.25) is 0 Å². The number of piperidine rings is 1. The van der Waals surface area contributed by atoms with E-state index in [1.54, 1.807) is 11.3 Å². The number of nitrogens with zero attached hydrogens (tertiary/aromatic N) is 2. The number of aromatic nitrogens is 1. The van der Waals surface area contributed by atoms with Gasteiger partial charge in [0.25, 0.3) is 0 Å². The molecule has 0 aromatic carbocycles. The molecule has 84 valence electrons. The number of hydrogen-bond donors (Lipinski definition) is 1. The van der Waals surface area contributed by atoms with E-state index < -0.39 is 0 Å². The molecule has 1 atom stereocenters. The fourth-order valence-electron chi connectivity index (χ4n) is 2.07. The van der Waals surface area contributed by atoms with Gasteiger partial charge in [-0.25, -0.2) is 4.98 Å². The Labute approximate surface area is 95.5 Å². The Hall–Kier alpha value is -0.610. The monoisotopic (exact) mass is 225 g/mol. The third-order valence-corrected chi connectivity index (χ3v) is 3.87. The molecule has 1 N–H and O–H groups in total. The Morgan fingerprint density at radius 1 is 1.60 bits per heavy atom. The molecule has 4 heteroatoms. The van der Waals surface area contributed by atoms with Gasteiger partial charge in [0.15, 0.2) is 5.13 Å². The van der Waals surface area contributed by atoms with Crippen LogP contribution < -0.4 is 10.2 Å². The molecule has 1 aliphatic rings. The smallest absolute Gasteiger partial charge is 0.185 e. The van der Waals surface area contributed by atoms with E-state index in [-0.39, 0.29) is 0 Å². The topological polar surface area (TPSA) is 28.2 Å². The van der Waals surface area contributed by atoms with Crippen LogP contribution in [-0.2, 0) is 6.54 Å². The lowest BCUT2D eigenvalue weighted by Gasteiger charge is -2.33.